The number of aromatic amines is 1. The van der Waals surface area contributed by atoms with Gasteiger partial charge in [0.2, 0.25) is 11.6 Å². The van der Waals surface area contributed by atoms with Gasteiger partial charge in [-0.05, 0) is 50.4 Å². The van der Waals surface area contributed by atoms with Crippen LogP contribution >= 0.6 is 19.3 Å². The number of aliphatic hydroxyl groups is 1. The number of aromatic nitrogens is 3. The third kappa shape index (κ3) is 6.44. The summed E-state index contributed by atoms with van der Waals surface area (Å²) < 4.78 is 67.4. The molecule has 4 rings (SSSR count). The molecule has 0 bridgehead atoms. The lowest BCUT2D eigenvalue weighted by Gasteiger charge is -2.25. The van der Waals surface area contributed by atoms with Crippen LogP contribution in [0.15, 0.2) is 41.3 Å². The first-order valence-corrected chi connectivity index (χ1v) is 14.4. The van der Waals surface area contributed by atoms with E-state index in [0.29, 0.717) is 0 Å². The fourth-order valence-electron chi connectivity index (χ4n) is 4.18. The number of para-hydroxylation sites is 1. The Morgan fingerprint density at radius 2 is 2.07 bits per heavy atom. The van der Waals surface area contributed by atoms with E-state index in [9.17, 15) is 23.7 Å². The Labute approximate surface area is 242 Å². The fraction of sp³-hybridized carbons (Fsp3) is 0.400. The number of alkyl halides is 1. The molecule has 1 aliphatic rings. The van der Waals surface area contributed by atoms with Crippen LogP contribution in [-0.2, 0) is 23.4 Å². The van der Waals surface area contributed by atoms with Crippen molar-refractivity contribution in [3.63, 3.8) is 0 Å². The van der Waals surface area contributed by atoms with Crippen LogP contribution in [0.25, 0.3) is 11.0 Å². The average molecular weight is 630 g/mol. The minimum Gasteiger partial charge on any atom is -0.462 e. The van der Waals surface area contributed by atoms with Gasteiger partial charge in [0, 0.05) is 11.6 Å². The average Bonchev–Trinajstić information content (AvgIpc) is 3.36. The van der Waals surface area contributed by atoms with E-state index >= 15 is 4.39 Å². The normalized spacial score (nSPS) is 24.1. The first-order valence-electron chi connectivity index (χ1n) is 12.5. The summed E-state index contributed by atoms with van der Waals surface area (Å²) in [5.74, 6) is -0.128. The molecule has 5 N–H and O–H groups in total. The Balaban J connectivity index is 1.64. The van der Waals surface area contributed by atoms with Gasteiger partial charge in [0.1, 0.15) is 29.4 Å². The lowest BCUT2D eigenvalue weighted by molar-refractivity contribution is -0.149. The Hall–Kier alpha value is -3.51. The van der Waals surface area contributed by atoms with Crippen LogP contribution in [0.4, 0.5) is 14.7 Å². The number of rotatable bonds is 10. The number of hydrogen-bond donors (Lipinski definition) is 4. The number of hydrogen-bond acceptors (Lipinski definition) is 10. The number of carbonyl (C=O) groups is 1. The predicted octanol–water partition coefficient (Wildman–Crippen LogP) is 2.75. The Kier molecular flexibility index (Phi) is 9.27. The van der Waals surface area contributed by atoms with Crippen molar-refractivity contribution in [2.45, 2.75) is 57.0 Å². The van der Waals surface area contributed by atoms with Gasteiger partial charge in [-0.1, -0.05) is 18.2 Å². The molecule has 42 heavy (non-hydrogen) atoms. The maximum atomic E-state index is 16.3. The molecule has 6 atom stereocenters. The van der Waals surface area contributed by atoms with Gasteiger partial charge in [-0.2, -0.15) is 10.1 Å². The number of nitrogen functional groups attached to an aromatic ring is 1. The van der Waals surface area contributed by atoms with Gasteiger partial charge in [0.15, 0.2) is 17.7 Å². The molecule has 17 heteroatoms. The van der Waals surface area contributed by atoms with Crippen LogP contribution in [0.5, 0.6) is 5.75 Å². The van der Waals surface area contributed by atoms with Crippen molar-refractivity contribution in [3.8, 4) is 17.0 Å². The lowest BCUT2D eigenvalue weighted by Crippen LogP contribution is -2.42. The quantitative estimate of drug-likeness (QED) is 0.147. The van der Waals surface area contributed by atoms with Gasteiger partial charge >= 0.3 is 13.7 Å². The number of anilines is 1. The van der Waals surface area contributed by atoms with Crippen LogP contribution in [0.3, 0.4) is 0 Å². The zero-order valence-corrected chi connectivity index (χ0v) is 24.1. The molecule has 1 fully saturated rings. The first kappa shape index (κ1) is 31.4. The topological polar surface area (TPSA) is 180 Å². The highest BCUT2D eigenvalue weighted by Gasteiger charge is 2.58. The van der Waals surface area contributed by atoms with Gasteiger partial charge in [-0.3, -0.25) is 23.7 Å². The summed E-state index contributed by atoms with van der Waals surface area (Å²) in [5.41, 5.74) is 1.25. The minimum absolute atomic E-state index is 0.0968. The van der Waals surface area contributed by atoms with Crippen molar-refractivity contribution in [3.05, 3.63) is 52.7 Å². The summed E-state index contributed by atoms with van der Waals surface area (Å²) in [6.45, 7) is 3.83. The summed E-state index contributed by atoms with van der Waals surface area (Å²) >= 11 is 5.48. The van der Waals surface area contributed by atoms with E-state index in [-0.39, 0.29) is 5.75 Å². The van der Waals surface area contributed by atoms with E-state index in [1.54, 1.807) is 32.0 Å². The Morgan fingerprint density at radius 1 is 1.38 bits per heavy atom. The maximum absolute atomic E-state index is 16.3. The number of fused-ring (bicyclic) bond motifs is 1. The Morgan fingerprint density at radius 3 is 2.71 bits per heavy atom. The number of aliphatic hydroxyl groups excluding tert-OH is 1. The zero-order chi connectivity index (χ0) is 30.8. The van der Waals surface area contributed by atoms with Crippen LogP contribution in [-0.4, -0.2) is 62.2 Å². The number of halogens is 3. The highest BCUT2D eigenvalue weighted by Crippen LogP contribution is 2.48. The van der Waals surface area contributed by atoms with E-state index < -0.39 is 84.9 Å². The van der Waals surface area contributed by atoms with Crippen LogP contribution in [0.1, 0.15) is 27.0 Å². The minimum atomic E-state index is -4.44. The first-order chi connectivity index (χ1) is 19.8. The van der Waals surface area contributed by atoms with Gasteiger partial charge in [0.25, 0.3) is 5.56 Å². The molecule has 2 aromatic heterocycles. The molecule has 0 saturated carbocycles. The summed E-state index contributed by atoms with van der Waals surface area (Å²) in [4.78, 5) is 30.6. The van der Waals surface area contributed by atoms with Crippen molar-refractivity contribution in [2.24, 2.45) is 0 Å². The zero-order valence-electron chi connectivity index (χ0n) is 22.4. The number of nitrogens with two attached hydrogens (primary N) is 1. The van der Waals surface area contributed by atoms with Crippen molar-refractivity contribution < 1.29 is 41.8 Å². The molecule has 2 unspecified atom stereocenters. The van der Waals surface area contributed by atoms with Crippen LogP contribution < -0.4 is 20.9 Å². The van der Waals surface area contributed by atoms with E-state index in [0.717, 1.165) is 10.8 Å². The van der Waals surface area contributed by atoms with Crippen molar-refractivity contribution in [1.29, 1.82) is 0 Å². The van der Waals surface area contributed by atoms with Crippen LogP contribution in [0.2, 0.25) is 0 Å². The second-order valence-electron chi connectivity index (χ2n) is 9.53. The summed E-state index contributed by atoms with van der Waals surface area (Å²) in [5, 5.41) is 14.7. The molecular weight excluding hydrogens is 603 g/mol. The van der Waals surface area contributed by atoms with E-state index in [4.69, 9.17) is 35.9 Å². The fourth-order valence-corrected chi connectivity index (χ4v) is 5.82. The molecule has 3 heterocycles. The predicted molar refractivity (Wildman–Crippen MR) is 147 cm³/mol. The number of benzene rings is 1. The van der Waals surface area contributed by atoms with Gasteiger partial charge in [-0.25, -0.2) is 13.3 Å². The van der Waals surface area contributed by atoms with Crippen LogP contribution in [0, 0.1) is 17.1 Å². The highest BCUT2D eigenvalue weighted by molar-refractivity contribution is 7.52. The monoisotopic (exact) mass is 629 g/mol. The van der Waals surface area contributed by atoms with Crippen molar-refractivity contribution >= 4 is 42.3 Å². The molecule has 1 saturated heterocycles. The maximum Gasteiger partial charge on any atom is 0.459 e. The number of ether oxygens (including phenoxy) is 2. The Bertz CT molecular complexity index is 1630. The number of esters is 1. The second kappa shape index (κ2) is 12.4. The molecule has 3 aromatic rings. The molecule has 1 aliphatic heterocycles. The highest BCUT2D eigenvalue weighted by atomic mass is 35.5. The van der Waals surface area contributed by atoms with E-state index in [1.807, 2.05) is 11.3 Å². The molecule has 0 spiro atoms. The smallest absolute Gasteiger partial charge is 0.459 e. The SMILES string of the molecule is CC(C)OC(=O)[C@H](C)NP(=O)(OC[C@H]1O[C@@H](n2cc(F)c3c(=O)[nH]c(N)nc32)C(F)(C#CCl)[C@H]1O)Oc1ccccc1. The van der Waals surface area contributed by atoms with Gasteiger partial charge in [0.05, 0.1) is 12.7 Å². The summed E-state index contributed by atoms with van der Waals surface area (Å²) in [6.07, 6.45) is -5.38. The molecular formula is C25H27ClF2N5O8P. The van der Waals surface area contributed by atoms with E-state index in [2.05, 4.69) is 15.1 Å². The number of nitrogens with one attached hydrogen (secondary N) is 2. The van der Waals surface area contributed by atoms with Gasteiger partial charge < -0.3 is 24.8 Å². The molecule has 0 aliphatic carbocycles. The molecule has 0 radical (unpaired) electrons. The lowest BCUT2D eigenvalue weighted by atomic mass is 9.97. The number of H-pyrrole nitrogens is 1. The number of nitrogens with zero attached hydrogens (tertiary/aromatic N) is 2. The van der Waals surface area contributed by atoms with E-state index in [1.165, 1.54) is 19.1 Å². The third-order valence-electron chi connectivity index (χ3n) is 6.03. The molecule has 1 aromatic carbocycles. The summed E-state index contributed by atoms with van der Waals surface area (Å²) in [6, 6.07) is 6.63. The second-order valence-corrected chi connectivity index (χ2v) is 11.4. The number of carbonyl (C=O) groups excluding carboxylic acids is 1. The summed E-state index contributed by atoms with van der Waals surface area (Å²) in [7, 11) is -4.44. The molecule has 226 valence electrons. The van der Waals surface area contributed by atoms with Crippen molar-refractivity contribution in [2.75, 3.05) is 12.3 Å². The standard InChI is InChI=1S/C25H27ClF2N5O8P/c1-13(2)39-22(36)14(3)32-42(37,41-15-7-5-4-6-8-15)38-12-17-19(34)25(28,9-10-26)23(40-17)33-11-16(27)18-20(33)30-24(29)31-21(18)35/h4-8,11,13-14,17,19,23,34H,12H2,1-3H3,(H,32,37)(H3,29,30,31,35)/t14-,17+,19-,23+,25?,42?/m0/s1. The third-order valence-corrected chi connectivity index (χ3v) is 7.76. The molecule has 0 amide bonds. The van der Waals surface area contributed by atoms with Gasteiger partial charge in [-0.15, -0.1) is 0 Å². The van der Waals surface area contributed by atoms with Crippen molar-refractivity contribution in [1.82, 2.24) is 19.6 Å². The molecule has 13 nitrogen and oxygen atoms in total. The largest absolute Gasteiger partial charge is 0.462 e.